The summed E-state index contributed by atoms with van der Waals surface area (Å²) in [4.78, 5) is 14.4. The number of anilines is 2. The second-order valence-corrected chi connectivity index (χ2v) is 6.81. The molecule has 1 aliphatic rings. The van der Waals surface area contributed by atoms with Gasteiger partial charge in [0.05, 0.1) is 7.11 Å². The third kappa shape index (κ3) is 6.16. The van der Waals surface area contributed by atoms with Gasteiger partial charge in [0, 0.05) is 44.0 Å². The predicted molar refractivity (Wildman–Crippen MR) is 112 cm³/mol. The topological polar surface area (TPSA) is 62.8 Å². The molecule has 150 valence electrons. The minimum atomic E-state index is 0.0116. The minimum absolute atomic E-state index is 0.0116. The van der Waals surface area contributed by atoms with Gasteiger partial charge in [-0.3, -0.25) is 4.79 Å². The number of methoxy groups -OCH3 is 1. The number of amides is 1. The van der Waals surface area contributed by atoms with Crippen molar-refractivity contribution in [3.05, 3.63) is 48.5 Å². The number of benzene rings is 2. The van der Waals surface area contributed by atoms with Crippen molar-refractivity contribution in [2.75, 3.05) is 50.1 Å². The highest BCUT2D eigenvalue weighted by Crippen LogP contribution is 2.22. The van der Waals surface area contributed by atoms with E-state index in [-0.39, 0.29) is 5.91 Å². The van der Waals surface area contributed by atoms with Crippen LogP contribution in [-0.4, -0.2) is 45.8 Å². The summed E-state index contributed by atoms with van der Waals surface area (Å²) in [5.41, 5.74) is 2.07. The fraction of sp³-hybridized carbons (Fsp3) is 0.409. The molecule has 0 aliphatic carbocycles. The van der Waals surface area contributed by atoms with E-state index in [2.05, 4.69) is 27.7 Å². The van der Waals surface area contributed by atoms with E-state index in [1.165, 1.54) is 18.5 Å². The van der Waals surface area contributed by atoms with Gasteiger partial charge in [-0.25, -0.2) is 0 Å². The zero-order valence-electron chi connectivity index (χ0n) is 16.4. The smallest absolute Gasteiger partial charge is 0.225 e. The quantitative estimate of drug-likeness (QED) is 0.617. The molecule has 1 fully saturated rings. The van der Waals surface area contributed by atoms with Crippen molar-refractivity contribution in [1.82, 2.24) is 5.32 Å². The molecule has 0 aromatic heterocycles. The van der Waals surface area contributed by atoms with Crippen LogP contribution in [0.2, 0.25) is 0 Å². The van der Waals surface area contributed by atoms with Crippen molar-refractivity contribution in [3.63, 3.8) is 0 Å². The van der Waals surface area contributed by atoms with Gasteiger partial charge < -0.3 is 25.0 Å². The zero-order valence-corrected chi connectivity index (χ0v) is 16.4. The molecule has 6 heteroatoms. The van der Waals surface area contributed by atoms with Gasteiger partial charge in [-0.15, -0.1) is 0 Å². The van der Waals surface area contributed by atoms with E-state index in [1.54, 1.807) is 7.11 Å². The molecule has 0 saturated carbocycles. The number of hydrogen-bond donors (Lipinski definition) is 2. The SMILES string of the molecule is COc1ccc(OCCNCCC(=O)Nc2ccc(N3CCCC3)cc2)cc1. The van der Waals surface area contributed by atoms with Crippen molar-refractivity contribution in [2.45, 2.75) is 19.3 Å². The Morgan fingerprint density at radius 1 is 0.964 bits per heavy atom. The van der Waals surface area contributed by atoms with Gasteiger partial charge in [-0.1, -0.05) is 0 Å². The van der Waals surface area contributed by atoms with E-state index in [0.717, 1.165) is 30.3 Å². The van der Waals surface area contributed by atoms with Crippen molar-refractivity contribution in [2.24, 2.45) is 0 Å². The Morgan fingerprint density at radius 2 is 1.64 bits per heavy atom. The summed E-state index contributed by atoms with van der Waals surface area (Å²) in [6.45, 7) is 4.10. The van der Waals surface area contributed by atoms with Crippen LogP contribution >= 0.6 is 0 Å². The van der Waals surface area contributed by atoms with Crippen LogP contribution in [0.5, 0.6) is 11.5 Å². The van der Waals surface area contributed by atoms with Gasteiger partial charge >= 0.3 is 0 Å². The third-order valence-corrected chi connectivity index (χ3v) is 4.76. The molecular weight excluding hydrogens is 354 g/mol. The Morgan fingerprint density at radius 3 is 2.32 bits per heavy atom. The van der Waals surface area contributed by atoms with Gasteiger partial charge in [0.2, 0.25) is 5.91 Å². The molecule has 0 atom stereocenters. The number of carbonyl (C=O) groups is 1. The lowest BCUT2D eigenvalue weighted by Gasteiger charge is -2.17. The lowest BCUT2D eigenvalue weighted by Crippen LogP contribution is -2.25. The number of hydrogen-bond acceptors (Lipinski definition) is 5. The Bertz CT molecular complexity index is 726. The summed E-state index contributed by atoms with van der Waals surface area (Å²) in [5, 5.41) is 6.17. The Labute approximate surface area is 166 Å². The predicted octanol–water partition coefficient (Wildman–Crippen LogP) is 3.29. The molecule has 0 unspecified atom stereocenters. The number of ether oxygens (including phenoxy) is 2. The molecule has 3 rings (SSSR count). The van der Waals surface area contributed by atoms with Crippen molar-refractivity contribution < 1.29 is 14.3 Å². The van der Waals surface area contributed by atoms with Crippen molar-refractivity contribution in [3.8, 4) is 11.5 Å². The first-order valence-electron chi connectivity index (χ1n) is 9.87. The zero-order chi connectivity index (χ0) is 19.6. The Balaban J connectivity index is 1.28. The van der Waals surface area contributed by atoms with E-state index < -0.39 is 0 Å². The van der Waals surface area contributed by atoms with Crippen LogP contribution in [-0.2, 0) is 4.79 Å². The van der Waals surface area contributed by atoms with Crippen LogP contribution in [0.3, 0.4) is 0 Å². The van der Waals surface area contributed by atoms with E-state index in [9.17, 15) is 4.79 Å². The summed E-state index contributed by atoms with van der Waals surface area (Å²) in [7, 11) is 1.64. The van der Waals surface area contributed by atoms with Crippen LogP contribution in [0.4, 0.5) is 11.4 Å². The maximum Gasteiger partial charge on any atom is 0.225 e. The van der Waals surface area contributed by atoms with Crippen LogP contribution in [0, 0.1) is 0 Å². The number of rotatable bonds is 10. The van der Waals surface area contributed by atoms with Crippen LogP contribution in [0.1, 0.15) is 19.3 Å². The summed E-state index contributed by atoms with van der Waals surface area (Å²) in [6.07, 6.45) is 2.95. The molecule has 2 N–H and O–H groups in total. The molecule has 28 heavy (non-hydrogen) atoms. The van der Waals surface area contributed by atoms with Gasteiger partial charge in [0.25, 0.3) is 0 Å². The highest BCUT2D eigenvalue weighted by molar-refractivity contribution is 5.91. The Hall–Kier alpha value is -2.73. The summed E-state index contributed by atoms with van der Waals surface area (Å²) in [5.74, 6) is 1.62. The highest BCUT2D eigenvalue weighted by Gasteiger charge is 2.12. The largest absolute Gasteiger partial charge is 0.497 e. The second-order valence-electron chi connectivity index (χ2n) is 6.81. The fourth-order valence-corrected chi connectivity index (χ4v) is 3.19. The number of nitrogens with one attached hydrogen (secondary N) is 2. The van der Waals surface area contributed by atoms with Crippen molar-refractivity contribution in [1.29, 1.82) is 0 Å². The molecule has 6 nitrogen and oxygen atoms in total. The van der Waals surface area contributed by atoms with E-state index >= 15 is 0 Å². The van der Waals surface area contributed by atoms with Gasteiger partial charge in [-0.2, -0.15) is 0 Å². The summed E-state index contributed by atoms with van der Waals surface area (Å²) < 4.78 is 10.8. The number of nitrogens with zero attached hydrogens (tertiary/aromatic N) is 1. The molecule has 0 radical (unpaired) electrons. The average Bonchev–Trinajstić information content (AvgIpc) is 3.26. The monoisotopic (exact) mass is 383 g/mol. The first-order valence-corrected chi connectivity index (χ1v) is 9.87. The molecule has 0 bridgehead atoms. The first-order chi connectivity index (χ1) is 13.7. The Kier molecular flexibility index (Phi) is 7.55. The fourth-order valence-electron chi connectivity index (χ4n) is 3.19. The summed E-state index contributed by atoms with van der Waals surface area (Å²) >= 11 is 0. The lowest BCUT2D eigenvalue weighted by atomic mass is 10.2. The third-order valence-electron chi connectivity index (χ3n) is 4.76. The van der Waals surface area contributed by atoms with Crippen LogP contribution in [0.25, 0.3) is 0 Å². The maximum absolute atomic E-state index is 12.1. The molecule has 1 aliphatic heterocycles. The maximum atomic E-state index is 12.1. The van der Waals surface area contributed by atoms with Gasteiger partial charge in [0.1, 0.15) is 18.1 Å². The minimum Gasteiger partial charge on any atom is -0.497 e. The van der Waals surface area contributed by atoms with Gasteiger partial charge in [-0.05, 0) is 61.4 Å². The van der Waals surface area contributed by atoms with Crippen LogP contribution < -0.4 is 25.0 Å². The molecule has 1 heterocycles. The van der Waals surface area contributed by atoms with Gasteiger partial charge in [0.15, 0.2) is 0 Å². The second kappa shape index (κ2) is 10.6. The molecule has 2 aromatic rings. The molecule has 2 aromatic carbocycles. The van der Waals surface area contributed by atoms with E-state index in [4.69, 9.17) is 9.47 Å². The summed E-state index contributed by atoms with van der Waals surface area (Å²) in [6, 6.07) is 15.6. The van der Waals surface area contributed by atoms with E-state index in [0.29, 0.717) is 26.1 Å². The highest BCUT2D eigenvalue weighted by atomic mass is 16.5. The van der Waals surface area contributed by atoms with E-state index in [1.807, 2.05) is 36.4 Å². The van der Waals surface area contributed by atoms with Crippen molar-refractivity contribution >= 4 is 17.3 Å². The molecule has 0 spiro atoms. The molecule has 1 amide bonds. The standard InChI is InChI=1S/C22H29N3O3/c1-27-20-8-10-21(11-9-20)28-17-14-23-13-12-22(26)24-18-4-6-19(7-5-18)25-15-2-3-16-25/h4-11,23H,2-3,12-17H2,1H3,(H,24,26). The lowest BCUT2D eigenvalue weighted by molar-refractivity contribution is -0.116. The normalized spacial score (nSPS) is 13.4. The number of carbonyl (C=O) groups excluding carboxylic acids is 1. The van der Waals surface area contributed by atoms with Crippen LogP contribution in [0.15, 0.2) is 48.5 Å². The average molecular weight is 383 g/mol. The molecular formula is C22H29N3O3. The first kappa shape index (κ1) is 20.0. The molecule has 1 saturated heterocycles.